The molecule has 2 aromatic heterocycles. The number of nitrogens with zero attached hydrogens (tertiary/aromatic N) is 3. The Morgan fingerprint density at radius 2 is 1.92 bits per heavy atom. The molecule has 2 heterocycles. The molecule has 6 nitrogen and oxygen atoms in total. The SMILES string of the molecule is COc1cccc(-c2cn(-c3ccc(CO)cc3)c3ncnc(N)c23)c1. The molecule has 0 atom stereocenters. The largest absolute Gasteiger partial charge is 0.497 e. The lowest BCUT2D eigenvalue weighted by Crippen LogP contribution is -1.97. The summed E-state index contributed by atoms with van der Waals surface area (Å²) in [6.45, 7) is 0.0108. The molecule has 130 valence electrons. The molecule has 0 amide bonds. The molecule has 0 unspecified atom stereocenters. The van der Waals surface area contributed by atoms with Crippen LogP contribution in [0.15, 0.2) is 61.1 Å². The maximum Gasteiger partial charge on any atom is 0.150 e. The summed E-state index contributed by atoms with van der Waals surface area (Å²) in [6.07, 6.45) is 3.46. The average Bonchev–Trinajstić information content (AvgIpc) is 3.09. The molecule has 2 aromatic carbocycles. The number of methoxy groups -OCH3 is 1. The summed E-state index contributed by atoms with van der Waals surface area (Å²) >= 11 is 0. The highest BCUT2D eigenvalue weighted by Crippen LogP contribution is 2.35. The molecule has 0 fully saturated rings. The van der Waals surface area contributed by atoms with Crippen molar-refractivity contribution in [1.82, 2.24) is 14.5 Å². The number of aliphatic hydroxyl groups excluding tert-OH is 1. The molecule has 0 saturated heterocycles. The van der Waals surface area contributed by atoms with E-state index in [1.165, 1.54) is 6.33 Å². The van der Waals surface area contributed by atoms with Crippen LogP contribution in [-0.2, 0) is 6.61 Å². The molecule has 0 aliphatic rings. The van der Waals surface area contributed by atoms with E-state index in [0.717, 1.165) is 39.2 Å². The Balaban J connectivity index is 1.96. The van der Waals surface area contributed by atoms with Crippen LogP contribution in [0.4, 0.5) is 5.82 Å². The fourth-order valence-electron chi connectivity index (χ4n) is 3.05. The van der Waals surface area contributed by atoms with Crippen LogP contribution in [0.5, 0.6) is 5.75 Å². The van der Waals surface area contributed by atoms with Crippen molar-refractivity contribution in [2.45, 2.75) is 6.61 Å². The van der Waals surface area contributed by atoms with Gasteiger partial charge in [-0.3, -0.25) is 0 Å². The zero-order chi connectivity index (χ0) is 18.1. The summed E-state index contributed by atoms with van der Waals surface area (Å²) < 4.78 is 7.32. The van der Waals surface area contributed by atoms with E-state index >= 15 is 0 Å². The third kappa shape index (κ3) is 2.66. The molecule has 0 radical (unpaired) electrons. The van der Waals surface area contributed by atoms with Crippen LogP contribution in [0.2, 0.25) is 0 Å². The summed E-state index contributed by atoms with van der Waals surface area (Å²) in [5.74, 6) is 1.20. The number of aliphatic hydroxyl groups is 1. The maximum atomic E-state index is 9.25. The molecule has 0 saturated carbocycles. The third-order valence-corrected chi connectivity index (χ3v) is 4.39. The van der Waals surface area contributed by atoms with Crippen LogP contribution in [0.3, 0.4) is 0 Å². The van der Waals surface area contributed by atoms with Crippen LogP contribution in [0.1, 0.15) is 5.56 Å². The van der Waals surface area contributed by atoms with Crippen LogP contribution >= 0.6 is 0 Å². The standard InChI is InChI=1S/C20H18N4O2/c1-26-16-4-2-3-14(9-16)17-10-24(15-7-5-13(11-25)6-8-15)20-18(17)19(21)22-12-23-20/h2-10,12,25H,11H2,1H3,(H2,21,22,23). The van der Waals surface area contributed by atoms with Crippen molar-refractivity contribution in [2.24, 2.45) is 0 Å². The fraction of sp³-hybridized carbons (Fsp3) is 0.100. The molecular formula is C20H18N4O2. The maximum absolute atomic E-state index is 9.25. The minimum absolute atomic E-state index is 0.0108. The van der Waals surface area contributed by atoms with Gasteiger partial charge in [0.2, 0.25) is 0 Å². The van der Waals surface area contributed by atoms with E-state index < -0.39 is 0 Å². The number of ether oxygens (including phenoxy) is 1. The normalized spacial score (nSPS) is 11.0. The van der Waals surface area contributed by atoms with Gasteiger partial charge in [-0.1, -0.05) is 24.3 Å². The predicted molar refractivity (Wildman–Crippen MR) is 101 cm³/mol. The zero-order valence-electron chi connectivity index (χ0n) is 14.3. The van der Waals surface area contributed by atoms with Crippen LogP contribution in [-0.4, -0.2) is 26.8 Å². The van der Waals surface area contributed by atoms with Crippen molar-refractivity contribution in [3.63, 3.8) is 0 Å². The molecule has 0 spiro atoms. The molecule has 0 aliphatic carbocycles. The van der Waals surface area contributed by atoms with Gasteiger partial charge in [-0.2, -0.15) is 0 Å². The average molecular weight is 346 g/mol. The topological polar surface area (TPSA) is 86.2 Å². The fourth-order valence-corrected chi connectivity index (χ4v) is 3.05. The second kappa shape index (κ2) is 6.50. The van der Waals surface area contributed by atoms with Crippen molar-refractivity contribution < 1.29 is 9.84 Å². The number of aromatic nitrogens is 3. The van der Waals surface area contributed by atoms with Gasteiger partial charge in [0, 0.05) is 17.4 Å². The van der Waals surface area contributed by atoms with Gasteiger partial charge in [0.15, 0.2) is 5.65 Å². The third-order valence-electron chi connectivity index (χ3n) is 4.39. The van der Waals surface area contributed by atoms with Crippen molar-refractivity contribution in [3.05, 3.63) is 66.6 Å². The van der Waals surface area contributed by atoms with Crippen molar-refractivity contribution in [1.29, 1.82) is 0 Å². The first-order valence-corrected chi connectivity index (χ1v) is 8.17. The molecule has 26 heavy (non-hydrogen) atoms. The van der Waals surface area contributed by atoms with E-state index in [2.05, 4.69) is 9.97 Å². The Morgan fingerprint density at radius 3 is 2.65 bits per heavy atom. The quantitative estimate of drug-likeness (QED) is 0.593. The second-order valence-corrected chi connectivity index (χ2v) is 5.93. The van der Waals surface area contributed by atoms with Crippen LogP contribution in [0, 0.1) is 0 Å². The first-order valence-electron chi connectivity index (χ1n) is 8.17. The number of anilines is 1. The molecule has 0 bridgehead atoms. The Morgan fingerprint density at radius 1 is 1.12 bits per heavy atom. The van der Waals surface area contributed by atoms with E-state index in [1.807, 2.05) is 59.3 Å². The number of benzene rings is 2. The number of nitrogens with two attached hydrogens (primary N) is 1. The predicted octanol–water partition coefficient (Wildman–Crippen LogP) is 3.17. The number of rotatable bonds is 4. The minimum Gasteiger partial charge on any atom is -0.497 e. The lowest BCUT2D eigenvalue weighted by atomic mass is 10.1. The van der Waals surface area contributed by atoms with Crippen LogP contribution < -0.4 is 10.5 Å². The van der Waals surface area contributed by atoms with Gasteiger partial charge in [0.25, 0.3) is 0 Å². The van der Waals surface area contributed by atoms with Gasteiger partial charge in [0.1, 0.15) is 17.9 Å². The molecular weight excluding hydrogens is 328 g/mol. The second-order valence-electron chi connectivity index (χ2n) is 5.93. The minimum atomic E-state index is 0.0108. The van der Waals surface area contributed by atoms with E-state index in [-0.39, 0.29) is 6.61 Å². The highest BCUT2D eigenvalue weighted by molar-refractivity contribution is 6.01. The summed E-state index contributed by atoms with van der Waals surface area (Å²) in [5.41, 5.74) is 10.6. The zero-order valence-corrected chi connectivity index (χ0v) is 14.3. The smallest absolute Gasteiger partial charge is 0.150 e. The van der Waals surface area contributed by atoms with Gasteiger partial charge in [-0.25, -0.2) is 9.97 Å². The summed E-state index contributed by atoms with van der Waals surface area (Å²) in [7, 11) is 1.64. The lowest BCUT2D eigenvalue weighted by Gasteiger charge is -2.05. The Bertz CT molecular complexity index is 1070. The van der Waals surface area contributed by atoms with Crippen LogP contribution in [0.25, 0.3) is 27.8 Å². The van der Waals surface area contributed by atoms with E-state index in [1.54, 1.807) is 7.11 Å². The molecule has 6 heteroatoms. The van der Waals surface area contributed by atoms with Gasteiger partial charge >= 0.3 is 0 Å². The van der Waals surface area contributed by atoms with E-state index in [9.17, 15) is 5.11 Å². The molecule has 4 aromatic rings. The Kier molecular flexibility index (Phi) is 4.02. The lowest BCUT2D eigenvalue weighted by molar-refractivity contribution is 0.282. The van der Waals surface area contributed by atoms with Gasteiger partial charge < -0.3 is 20.1 Å². The number of hydrogen-bond acceptors (Lipinski definition) is 5. The monoisotopic (exact) mass is 346 g/mol. The van der Waals surface area contributed by atoms with Crippen molar-refractivity contribution in [2.75, 3.05) is 12.8 Å². The first-order chi connectivity index (χ1) is 12.7. The highest BCUT2D eigenvalue weighted by atomic mass is 16.5. The summed E-state index contributed by atoms with van der Waals surface area (Å²) in [4.78, 5) is 8.60. The van der Waals surface area contributed by atoms with E-state index in [4.69, 9.17) is 10.5 Å². The first kappa shape index (κ1) is 16.1. The molecule has 0 aliphatic heterocycles. The molecule has 4 rings (SSSR count). The van der Waals surface area contributed by atoms with Crippen molar-refractivity contribution >= 4 is 16.9 Å². The Labute approximate surface area is 150 Å². The highest BCUT2D eigenvalue weighted by Gasteiger charge is 2.16. The Hall–Kier alpha value is -3.38. The van der Waals surface area contributed by atoms with Gasteiger partial charge in [0.05, 0.1) is 19.1 Å². The number of hydrogen-bond donors (Lipinski definition) is 2. The van der Waals surface area contributed by atoms with E-state index in [0.29, 0.717) is 5.82 Å². The number of fused-ring (bicyclic) bond motifs is 1. The van der Waals surface area contributed by atoms with Gasteiger partial charge in [-0.05, 0) is 35.4 Å². The summed E-state index contributed by atoms with van der Waals surface area (Å²) in [5, 5.41) is 10.1. The summed E-state index contributed by atoms with van der Waals surface area (Å²) in [6, 6.07) is 15.5. The van der Waals surface area contributed by atoms with Gasteiger partial charge in [-0.15, -0.1) is 0 Å². The number of nitrogen functional groups attached to an aromatic ring is 1. The van der Waals surface area contributed by atoms with Crippen molar-refractivity contribution in [3.8, 4) is 22.6 Å². The molecule has 3 N–H and O–H groups in total.